The normalized spacial score (nSPS) is 12.4. The van der Waals surface area contributed by atoms with Gasteiger partial charge in [-0.25, -0.2) is 15.0 Å². The maximum absolute atomic E-state index is 6.89. The maximum atomic E-state index is 6.89. The first-order valence-corrected chi connectivity index (χ1v) is 49.8. The Balaban J connectivity index is 0.000000105. The van der Waals surface area contributed by atoms with E-state index in [1.807, 2.05) is 24.3 Å². The average Bonchev–Trinajstić information content (AvgIpc) is 1.56. The number of hydrogen-bond donors (Lipinski definition) is 0. The van der Waals surface area contributed by atoms with Crippen LogP contribution in [0.5, 0.6) is 0 Å². The smallest absolute Gasteiger partial charge is 0.235 e. The molecule has 9 aromatic heterocycles. The number of aromatic nitrogens is 7. The first-order valence-electron chi connectivity index (χ1n) is 49.8. The molecular weight excluding hydrogens is 1780 g/mol. The molecular formula is C136H87N7O3. The molecule has 10 nitrogen and oxygen atoms in total. The van der Waals surface area contributed by atoms with Crippen LogP contribution in [0.2, 0.25) is 0 Å². The van der Waals surface area contributed by atoms with E-state index in [1.54, 1.807) is 0 Å². The molecule has 1 aliphatic rings. The fourth-order valence-electron chi connectivity index (χ4n) is 23.4. The third-order valence-corrected chi connectivity index (χ3v) is 30.0. The van der Waals surface area contributed by atoms with E-state index in [-0.39, 0.29) is 5.41 Å². The first-order chi connectivity index (χ1) is 72.2. The highest BCUT2D eigenvalue weighted by atomic mass is 16.3. The van der Waals surface area contributed by atoms with Crippen molar-refractivity contribution in [3.8, 4) is 112 Å². The summed E-state index contributed by atoms with van der Waals surface area (Å²) in [6.45, 7) is 4.55. The molecule has 146 heavy (non-hydrogen) atoms. The lowest BCUT2D eigenvalue weighted by Crippen LogP contribution is -2.18. The van der Waals surface area contributed by atoms with Gasteiger partial charge >= 0.3 is 0 Å². The second-order valence-electron chi connectivity index (χ2n) is 38.7. The van der Waals surface area contributed by atoms with E-state index in [0.29, 0.717) is 5.95 Å². The van der Waals surface area contributed by atoms with Crippen molar-refractivity contribution in [3.63, 3.8) is 0 Å². The van der Waals surface area contributed by atoms with Crippen LogP contribution in [0.1, 0.15) is 25.1 Å². The van der Waals surface area contributed by atoms with Crippen molar-refractivity contribution in [3.05, 3.63) is 503 Å². The van der Waals surface area contributed by atoms with Gasteiger partial charge in [0.05, 0.1) is 66.9 Å². The number of rotatable bonds is 11. The van der Waals surface area contributed by atoms with Crippen LogP contribution in [0.25, 0.3) is 276 Å². The van der Waals surface area contributed by atoms with Crippen molar-refractivity contribution < 1.29 is 13.3 Å². The topological polar surface area (TPSA) is 97.8 Å². The number of para-hydroxylation sites is 8. The molecule has 0 unspecified atom stereocenters. The van der Waals surface area contributed by atoms with E-state index < -0.39 is 0 Å². The molecule has 21 aromatic carbocycles. The van der Waals surface area contributed by atoms with Gasteiger partial charge in [-0.05, 0) is 194 Å². The monoisotopic (exact) mass is 1870 g/mol. The zero-order valence-corrected chi connectivity index (χ0v) is 79.6. The maximum Gasteiger partial charge on any atom is 0.235 e. The lowest BCUT2D eigenvalue weighted by molar-refractivity contribution is 0.632. The van der Waals surface area contributed by atoms with Gasteiger partial charge in [0.1, 0.15) is 33.5 Å². The van der Waals surface area contributed by atoms with E-state index >= 15 is 0 Å². The van der Waals surface area contributed by atoms with Crippen LogP contribution < -0.4 is 0 Å². The van der Waals surface area contributed by atoms with Gasteiger partial charge in [0.2, 0.25) is 5.95 Å². The van der Waals surface area contributed by atoms with Crippen LogP contribution in [0, 0.1) is 0 Å². The zero-order valence-electron chi connectivity index (χ0n) is 79.6. The highest BCUT2D eigenvalue weighted by Crippen LogP contribution is 2.54. The summed E-state index contributed by atoms with van der Waals surface area (Å²) in [6.07, 6.45) is 0. The second kappa shape index (κ2) is 33.5. The summed E-state index contributed by atoms with van der Waals surface area (Å²) in [7, 11) is 0. The van der Waals surface area contributed by atoms with Crippen LogP contribution in [0.15, 0.2) is 505 Å². The molecule has 0 saturated heterocycles. The van der Waals surface area contributed by atoms with Crippen LogP contribution in [-0.4, -0.2) is 33.2 Å². The Morgan fingerprint density at radius 3 is 1.20 bits per heavy atom. The van der Waals surface area contributed by atoms with Crippen molar-refractivity contribution in [1.29, 1.82) is 0 Å². The van der Waals surface area contributed by atoms with E-state index in [1.165, 1.54) is 93.0 Å². The van der Waals surface area contributed by atoms with E-state index in [0.717, 1.165) is 189 Å². The highest BCUT2D eigenvalue weighted by molar-refractivity contribution is 6.32. The number of nitrogens with zero attached hydrogens (tertiary/aromatic N) is 7. The minimum absolute atomic E-state index is 0.264. The van der Waals surface area contributed by atoms with Gasteiger partial charge in [0.25, 0.3) is 0 Å². The third-order valence-electron chi connectivity index (χ3n) is 30.0. The molecule has 10 heteroatoms. The molecule has 30 aromatic rings. The molecule has 0 spiro atoms. The van der Waals surface area contributed by atoms with Crippen LogP contribution >= 0.6 is 0 Å². The number of benzene rings is 21. The van der Waals surface area contributed by atoms with Crippen molar-refractivity contribution >= 4 is 164 Å². The predicted octanol–water partition coefficient (Wildman–Crippen LogP) is 36.5. The van der Waals surface area contributed by atoms with Gasteiger partial charge in [-0.3, -0.25) is 4.57 Å². The van der Waals surface area contributed by atoms with Gasteiger partial charge in [0, 0.05) is 126 Å². The Hall–Kier alpha value is -19.3. The lowest BCUT2D eigenvalue weighted by atomic mass is 9.85. The SMILES string of the molecule is CC1(C)c2ccccc2-c2c(-c3ccccc3)nc(-n3c4ccccc4c4c5c(ccc43)oc3ccccc35)nc21.c1ccc(-c2cc(-c3cccc(-n4c5ccccc5c5ccccc54)c3)cc(-n3c4ccccc4c4c5c(ccc43)oc3ccccc35)c2)cc1.c1ccc(-c2ccc(-c3cc(-c4cc5c(c6ccccc6n5-c5ccc6ccccc6c5)c5c4oc4ccccc45)cc(-c4ccccc4)n3)cc2)cc1. The summed E-state index contributed by atoms with van der Waals surface area (Å²) in [5, 5.41) is 18.9. The molecule has 0 radical (unpaired) electrons. The molecule has 0 N–H and O–H groups in total. The van der Waals surface area contributed by atoms with E-state index in [2.05, 4.69) is 499 Å². The molecule has 684 valence electrons. The summed E-state index contributed by atoms with van der Waals surface area (Å²) >= 11 is 0. The Morgan fingerprint density at radius 2 is 0.610 bits per heavy atom. The minimum atomic E-state index is -0.264. The Bertz CT molecular complexity index is 10500. The summed E-state index contributed by atoms with van der Waals surface area (Å²) < 4.78 is 29.0. The quantitative estimate of drug-likeness (QED) is 0.128. The number of furan rings is 3. The lowest BCUT2D eigenvalue weighted by Gasteiger charge is -2.21. The van der Waals surface area contributed by atoms with Gasteiger partial charge in [-0.15, -0.1) is 0 Å². The molecule has 0 bridgehead atoms. The van der Waals surface area contributed by atoms with Crippen LogP contribution in [-0.2, 0) is 5.41 Å². The van der Waals surface area contributed by atoms with Gasteiger partial charge in [-0.1, -0.05) is 372 Å². The number of pyridine rings is 1. The van der Waals surface area contributed by atoms with E-state index in [9.17, 15) is 0 Å². The van der Waals surface area contributed by atoms with Crippen LogP contribution in [0.4, 0.5) is 0 Å². The zero-order chi connectivity index (χ0) is 96.3. The van der Waals surface area contributed by atoms with Crippen molar-refractivity contribution in [1.82, 2.24) is 33.2 Å². The summed E-state index contributed by atoms with van der Waals surface area (Å²) in [6, 6.07) is 175. The van der Waals surface area contributed by atoms with Gasteiger partial charge in [-0.2, -0.15) is 0 Å². The summed E-state index contributed by atoms with van der Waals surface area (Å²) in [5.41, 5.74) is 37.4. The molecule has 0 saturated carbocycles. The summed E-state index contributed by atoms with van der Waals surface area (Å²) in [5.74, 6) is 0.682. The minimum Gasteiger partial charge on any atom is -0.456 e. The van der Waals surface area contributed by atoms with Crippen molar-refractivity contribution in [2.45, 2.75) is 19.3 Å². The second-order valence-corrected chi connectivity index (χ2v) is 38.7. The standard InChI is InChI=1S/C51H32N2O.C48H30N2O.C37H25N3O/c1-3-13-33(14-4-1)35-23-25-37(26-24-35)45-31-39(30-44(52-45)36-16-5-2-6-17-36)43-32-47-49(50-42-20-10-12-22-48(42)54-51(43)50)41-19-9-11-21-46(41)53(47)40-28-27-34-15-7-8-18-38(34)29-40;1-2-13-31(14-3-1)33-27-34(32-15-12-16-35(28-32)49-41-21-8-4-17-37(41)38-18-5-9-22-42(38)49)30-36(29-33)50-43-23-10-6-19-39(43)47-44(50)25-26-46-48(47)40-20-7-11-24-45(40)51-46;1-37(2)26-17-9-6-14-23(26)33-34(22-12-4-3-5-13-22)38-36(39-35(33)37)40-27-18-10-7-15-24(27)31-28(40)20-21-30-32(31)25-16-8-11-19-29(25)41-30/h1-32H;1-30H;3-21H,1-2H3. The summed E-state index contributed by atoms with van der Waals surface area (Å²) in [4.78, 5) is 16.1. The molecule has 0 amide bonds. The molecule has 9 heterocycles. The number of hydrogen-bond acceptors (Lipinski definition) is 6. The Morgan fingerprint density at radius 1 is 0.205 bits per heavy atom. The molecule has 0 fully saturated rings. The largest absolute Gasteiger partial charge is 0.456 e. The van der Waals surface area contributed by atoms with Crippen molar-refractivity contribution in [2.75, 3.05) is 0 Å². The molecule has 0 aliphatic heterocycles. The molecule has 31 rings (SSSR count). The molecule has 1 aliphatic carbocycles. The molecule has 0 atom stereocenters. The van der Waals surface area contributed by atoms with Crippen molar-refractivity contribution in [2.24, 2.45) is 0 Å². The highest BCUT2D eigenvalue weighted by Gasteiger charge is 2.41. The van der Waals surface area contributed by atoms with Gasteiger partial charge in [0.15, 0.2) is 0 Å². The van der Waals surface area contributed by atoms with E-state index in [4.69, 9.17) is 28.2 Å². The fourth-order valence-corrected chi connectivity index (χ4v) is 23.4. The third kappa shape index (κ3) is 13.4. The Kier molecular flexibility index (Phi) is 19.2. The predicted molar refractivity (Wildman–Crippen MR) is 605 cm³/mol. The number of fused-ring (bicyclic) bond motifs is 28. The fraction of sp³-hybridized carbons (Fsp3) is 0.0221. The first kappa shape index (κ1) is 83.7. The van der Waals surface area contributed by atoms with Gasteiger partial charge < -0.3 is 27.0 Å². The Labute approximate surface area is 838 Å². The van der Waals surface area contributed by atoms with Crippen LogP contribution in [0.3, 0.4) is 0 Å². The average molecular weight is 1870 g/mol.